The lowest BCUT2D eigenvalue weighted by Crippen LogP contribution is -1.80. The average molecular weight is 1290 g/mol. The van der Waals surface area contributed by atoms with E-state index in [9.17, 15) is 0 Å². The standard InChI is InChI=1S/C9H9NO2.C9H9NOS.C9H9NO.C9H9NS.C8H6ClNO.C8H6ClNS.C8H7NO.C8H7NS/c2*1-6-10-8-4-3-7(11-2)5-9(8)12-6;2*1-6-3-4-8-9(5-6)11-7(2)10-8;2*1-5-10-7-3-2-6(9)4-8(7)11-5;2*1-6-9-7-4-2-3-5-8(7)10-6/h2*3-5H,1-2H3;2*3-5H,1-2H3;2*2-4H,1H3;2*2-5H,1H3. The first-order valence-electron chi connectivity index (χ1n) is 27.5. The van der Waals surface area contributed by atoms with Gasteiger partial charge in [0.15, 0.2) is 45.9 Å². The van der Waals surface area contributed by atoms with Crippen LogP contribution in [-0.2, 0) is 0 Å². The number of aryl methyl sites for hydroxylation is 10. The van der Waals surface area contributed by atoms with E-state index in [1.54, 1.807) is 71.7 Å². The Bertz CT molecular complexity index is 4410. The van der Waals surface area contributed by atoms with Crippen LogP contribution in [0.5, 0.6) is 11.5 Å². The number of ether oxygens (including phenoxy) is 2. The van der Waals surface area contributed by atoms with Crippen LogP contribution >= 0.6 is 68.5 Å². The molecule has 0 aliphatic carbocycles. The van der Waals surface area contributed by atoms with Crippen LogP contribution < -0.4 is 9.47 Å². The van der Waals surface area contributed by atoms with Crippen LogP contribution in [0.3, 0.4) is 0 Å². The minimum absolute atomic E-state index is 0.669. The predicted molar refractivity (Wildman–Crippen MR) is 365 cm³/mol. The molecule has 0 unspecified atom stereocenters. The summed E-state index contributed by atoms with van der Waals surface area (Å²) in [4.78, 5) is 34.0. The lowest BCUT2D eigenvalue weighted by molar-refractivity contribution is 0.414. The van der Waals surface area contributed by atoms with Gasteiger partial charge < -0.3 is 27.1 Å². The summed E-state index contributed by atoms with van der Waals surface area (Å²) in [6.07, 6.45) is 0. The molecule has 20 heteroatoms. The highest BCUT2D eigenvalue weighted by atomic mass is 35.5. The highest BCUT2D eigenvalue weighted by molar-refractivity contribution is 7.19. The molecule has 8 aromatic carbocycles. The van der Waals surface area contributed by atoms with Gasteiger partial charge in [-0.1, -0.05) is 59.6 Å². The molecule has 0 atom stereocenters. The molecule has 0 saturated carbocycles. The van der Waals surface area contributed by atoms with E-state index in [0.29, 0.717) is 16.8 Å². The summed E-state index contributed by atoms with van der Waals surface area (Å²) in [5, 5.41) is 5.92. The quantitative estimate of drug-likeness (QED) is 0.160. The predicted octanol–water partition coefficient (Wildman–Crippen LogP) is 20.9. The number of hydrogen-bond acceptors (Lipinski definition) is 18. The van der Waals surface area contributed by atoms with Crippen LogP contribution in [0.25, 0.3) is 85.3 Å². The maximum absolute atomic E-state index is 5.81. The van der Waals surface area contributed by atoms with Crippen LogP contribution in [-0.4, -0.2) is 54.1 Å². The van der Waals surface area contributed by atoms with Gasteiger partial charge in [-0.25, -0.2) is 39.9 Å². The lowest BCUT2D eigenvalue weighted by Gasteiger charge is -1.96. The number of nitrogens with zero attached hydrogens (tertiary/aromatic N) is 8. The van der Waals surface area contributed by atoms with Crippen LogP contribution in [0, 0.1) is 69.2 Å². The Kier molecular flexibility index (Phi) is 21.7. The molecule has 0 radical (unpaired) electrons. The molecule has 0 saturated heterocycles. The van der Waals surface area contributed by atoms with Gasteiger partial charge in [0.25, 0.3) is 0 Å². The first-order chi connectivity index (χ1) is 42.3. The van der Waals surface area contributed by atoms with Crippen molar-refractivity contribution in [3.8, 4) is 11.5 Å². The van der Waals surface area contributed by atoms with E-state index in [2.05, 4.69) is 71.1 Å². The third-order valence-corrected chi connectivity index (χ3v) is 16.6. The third-order valence-electron chi connectivity index (χ3n) is 12.4. The Labute approximate surface area is 534 Å². The van der Waals surface area contributed by atoms with Crippen LogP contribution in [0.1, 0.15) is 54.7 Å². The van der Waals surface area contributed by atoms with Crippen molar-refractivity contribution in [3.63, 3.8) is 0 Å². The summed E-state index contributed by atoms with van der Waals surface area (Å²) in [6, 6.07) is 50.9. The van der Waals surface area contributed by atoms with Crippen molar-refractivity contribution in [1.82, 2.24) is 39.9 Å². The summed E-state index contributed by atoms with van der Waals surface area (Å²) >= 11 is 18.4. The van der Waals surface area contributed by atoms with Gasteiger partial charge in [-0.05, 0) is 162 Å². The first kappa shape index (κ1) is 63.9. The summed E-state index contributed by atoms with van der Waals surface area (Å²) < 4.78 is 36.2. The molecule has 0 fully saturated rings. The third kappa shape index (κ3) is 17.8. The second kappa shape index (κ2) is 29.9. The number of oxazole rings is 4. The van der Waals surface area contributed by atoms with Gasteiger partial charge in [-0.3, -0.25) is 0 Å². The van der Waals surface area contributed by atoms with Gasteiger partial charge in [-0.2, -0.15) is 0 Å². The van der Waals surface area contributed by atoms with Crippen molar-refractivity contribution in [1.29, 1.82) is 0 Å². The van der Waals surface area contributed by atoms with E-state index in [4.69, 9.17) is 50.3 Å². The molecule has 16 aromatic rings. The molecule has 0 spiro atoms. The second-order valence-electron chi connectivity index (χ2n) is 19.6. The van der Waals surface area contributed by atoms with Crippen molar-refractivity contribution in [3.05, 3.63) is 222 Å². The lowest BCUT2D eigenvalue weighted by atomic mass is 10.2. The van der Waals surface area contributed by atoms with Crippen LogP contribution in [0.15, 0.2) is 175 Å². The van der Waals surface area contributed by atoms with Gasteiger partial charge in [0.2, 0.25) is 0 Å². The fourth-order valence-electron chi connectivity index (χ4n) is 8.59. The normalized spacial score (nSPS) is 10.6. The molecule has 0 aliphatic heterocycles. The SMILES string of the molecule is COc1ccc2nc(C)oc2c1.COc1ccc2nc(C)sc2c1.Cc1ccc2nc(C)oc2c1.Cc1ccc2nc(C)sc2c1.Cc1nc2ccc(Cl)cc2o1.Cc1nc2ccc(Cl)cc2s1.Cc1nc2ccccc2o1.Cc1nc2ccccc2s1. The molecule has 0 bridgehead atoms. The molecule has 0 aliphatic rings. The van der Waals surface area contributed by atoms with E-state index >= 15 is 0 Å². The Morgan fingerprint density at radius 1 is 0.295 bits per heavy atom. The van der Waals surface area contributed by atoms with E-state index in [1.165, 1.54) is 25.2 Å². The summed E-state index contributed by atoms with van der Waals surface area (Å²) in [7, 11) is 3.31. The molecular formula is C68H62Cl2N8O6S4. The van der Waals surface area contributed by atoms with E-state index in [0.717, 1.165) is 119 Å². The monoisotopic (exact) mass is 1280 g/mol. The number of fused-ring (bicyclic) bond motifs is 8. The Hall–Kier alpha value is -8.62. The number of hydrogen-bond donors (Lipinski definition) is 0. The molecule has 8 heterocycles. The van der Waals surface area contributed by atoms with Gasteiger partial charge in [-0.15, -0.1) is 45.3 Å². The fourth-order valence-corrected chi connectivity index (χ4v) is 12.5. The van der Waals surface area contributed by atoms with E-state index in [1.807, 2.05) is 184 Å². The number of thiazole rings is 4. The van der Waals surface area contributed by atoms with Crippen molar-refractivity contribution < 1.29 is 27.1 Å². The maximum Gasteiger partial charge on any atom is 0.192 e. The van der Waals surface area contributed by atoms with Gasteiger partial charge in [0.1, 0.15) is 33.6 Å². The second-order valence-corrected chi connectivity index (χ2v) is 25.4. The summed E-state index contributed by atoms with van der Waals surface area (Å²) in [5.41, 5.74) is 13.7. The van der Waals surface area contributed by atoms with Crippen molar-refractivity contribution in [2.24, 2.45) is 0 Å². The van der Waals surface area contributed by atoms with Gasteiger partial charge >= 0.3 is 0 Å². The van der Waals surface area contributed by atoms with Crippen molar-refractivity contribution >= 4 is 154 Å². The fraction of sp³-hybridized carbons (Fsp3) is 0.176. The Morgan fingerprint density at radius 2 is 0.636 bits per heavy atom. The maximum atomic E-state index is 5.81. The Morgan fingerprint density at radius 3 is 1.16 bits per heavy atom. The van der Waals surface area contributed by atoms with Crippen molar-refractivity contribution in [2.75, 3.05) is 14.2 Å². The zero-order valence-corrected chi connectivity index (χ0v) is 55.2. The molecule has 16 rings (SSSR count). The number of benzene rings is 8. The highest BCUT2D eigenvalue weighted by Crippen LogP contribution is 2.28. The first-order valence-corrected chi connectivity index (χ1v) is 31.6. The Balaban J connectivity index is 0.000000120. The number of rotatable bonds is 2. The van der Waals surface area contributed by atoms with E-state index in [-0.39, 0.29) is 0 Å². The summed E-state index contributed by atoms with van der Waals surface area (Å²) in [5.74, 6) is 4.48. The highest BCUT2D eigenvalue weighted by Gasteiger charge is 2.06. The molecular weight excluding hydrogens is 1220 g/mol. The van der Waals surface area contributed by atoms with Gasteiger partial charge in [0.05, 0.1) is 75.1 Å². The zero-order chi connectivity index (χ0) is 62.4. The molecule has 14 nitrogen and oxygen atoms in total. The van der Waals surface area contributed by atoms with Gasteiger partial charge in [0, 0.05) is 49.9 Å². The molecule has 448 valence electrons. The number of halogens is 2. The van der Waals surface area contributed by atoms with Crippen molar-refractivity contribution in [2.45, 2.75) is 69.2 Å². The smallest absolute Gasteiger partial charge is 0.192 e. The molecule has 0 N–H and O–H groups in total. The largest absolute Gasteiger partial charge is 0.497 e. The zero-order valence-electron chi connectivity index (χ0n) is 50.4. The number of para-hydroxylation sites is 3. The summed E-state index contributed by atoms with van der Waals surface area (Å²) in [6.45, 7) is 19.6. The molecule has 8 aromatic heterocycles. The minimum atomic E-state index is 0.669. The topological polar surface area (TPSA) is 174 Å². The van der Waals surface area contributed by atoms with E-state index < -0.39 is 0 Å². The molecule has 0 amide bonds. The minimum Gasteiger partial charge on any atom is -0.497 e. The van der Waals surface area contributed by atoms with Crippen LogP contribution in [0.4, 0.5) is 0 Å². The number of methoxy groups -OCH3 is 2. The molecule has 88 heavy (non-hydrogen) atoms. The van der Waals surface area contributed by atoms with Crippen LogP contribution in [0.2, 0.25) is 10.0 Å². The average Bonchev–Trinajstić information content (AvgIpc) is 4.49. The number of aromatic nitrogens is 8.